The molecule has 1 aliphatic heterocycles. The number of hydrogen-bond acceptors (Lipinski definition) is 2. The molecule has 0 aliphatic carbocycles. The maximum atomic E-state index is 5.44. The van der Waals surface area contributed by atoms with Gasteiger partial charge in [-0.3, -0.25) is 0 Å². The van der Waals surface area contributed by atoms with E-state index in [1.54, 1.807) is 0 Å². The van der Waals surface area contributed by atoms with Crippen molar-refractivity contribution in [3.63, 3.8) is 0 Å². The van der Waals surface area contributed by atoms with E-state index in [9.17, 15) is 0 Å². The molecule has 0 aromatic heterocycles. The minimum absolute atomic E-state index is 0.171. The predicted octanol–water partition coefficient (Wildman–Crippen LogP) is 2.68. The smallest absolute Gasteiger partial charge is 0.119 e. The molecule has 82 valence electrons. The highest BCUT2D eigenvalue weighted by atomic mass is 16.5. The van der Waals surface area contributed by atoms with Gasteiger partial charge in [-0.2, -0.15) is 0 Å². The number of benzene rings is 1. The normalized spacial score (nSPS) is 25.5. The van der Waals surface area contributed by atoms with Crippen LogP contribution in [0.15, 0.2) is 24.3 Å². The molecule has 1 N–H and O–H groups in total. The van der Waals surface area contributed by atoms with Crippen LogP contribution in [0.25, 0.3) is 0 Å². The molecule has 1 unspecified atom stereocenters. The molecule has 0 spiro atoms. The average Bonchev–Trinajstić information content (AvgIpc) is 2.68. The molecule has 1 fully saturated rings. The van der Waals surface area contributed by atoms with Crippen LogP contribution in [0.1, 0.15) is 32.3 Å². The van der Waals surface area contributed by atoms with Crippen molar-refractivity contribution in [2.24, 2.45) is 0 Å². The Labute approximate surface area is 91.6 Å². The lowest BCUT2D eigenvalue weighted by Crippen LogP contribution is -2.32. The molecule has 0 amide bonds. The maximum Gasteiger partial charge on any atom is 0.119 e. The highest BCUT2D eigenvalue weighted by Gasteiger charge is 2.29. The van der Waals surface area contributed by atoms with Gasteiger partial charge in [-0.1, -0.05) is 12.1 Å². The third-order valence-electron chi connectivity index (χ3n) is 3.17. The third kappa shape index (κ3) is 2.15. The van der Waals surface area contributed by atoms with Gasteiger partial charge in [-0.25, -0.2) is 0 Å². The zero-order valence-corrected chi connectivity index (χ0v) is 9.55. The van der Waals surface area contributed by atoms with E-state index in [1.165, 1.54) is 18.4 Å². The number of nitrogens with one attached hydrogen (secondary N) is 1. The van der Waals surface area contributed by atoms with Gasteiger partial charge in [-0.15, -0.1) is 0 Å². The summed E-state index contributed by atoms with van der Waals surface area (Å²) >= 11 is 0. The van der Waals surface area contributed by atoms with E-state index in [2.05, 4.69) is 36.5 Å². The molecule has 2 rings (SSSR count). The van der Waals surface area contributed by atoms with Crippen molar-refractivity contribution in [3.05, 3.63) is 29.8 Å². The van der Waals surface area contributed by atoms with Crippen LogP contribution in [0.2, 0.25) is 0 Å². The van der Waals surface area contributed by atoms with E-state index in [1.807, 2.05) is 6.92 Å². The monoisotopic (exact) mass is 205 g/mol. The molecule has 0 bridgehead atoms. The lowest BCUT2D eigenvalue weighted by atomic mass is 9.91. The third-order valence-corrected chi connectivity index (χ3v) is 3.17. The number of hydrogen-bond donors (Lipinski definition) is 1. The maximum absolute atomic E-state index is 5.44. The number of rotatable bonds is 3. The first-order valence-electron chi connectivity index (χ1n) is 5.73. The van der Waals surface area contributed by atoms with Gasteiger partial charge in [0.05, 0.1) is 6.61 Å². The fraction of sp³-hybridized carbons (Fsp3) is 0.538. The Balaban J connectivity index is 2.15. The van der Waals surface area contributed by atoms with Crippen molar-refractivity contribution in [1.29, 1.82) is 0 Å². The minimum atomic E-state index is 0.171. The first-order valence-corrected chi connectivity index (χ1v) is 5.73. The van der Waals surface area contributed by atoms with Crippen LogP contribution >= 0.6 is 0 Å². The summed E-state index contributed by atoms with van der Waals surface area (Å²) in [4.78, 5) is 0. The summed E-state index contributed by atoms with van der Waals surface area (Å²) in [6.45, 7) is 6.14. The lowest BCUT2D eigenvalue weighted by molar-refractivity contribution is 0.339. The quantitative estimate of drug-likeness (QED) is 0.819. The summed E-state index contributed by atoms with van der Waals surface area (Å²) in [5.74, 6) is 0.961. The molecule has 1 aromatic carbocycles. The number of ether oxygens (including phenoxy) is 1. The van der Waals surface area contributed by atoms with E-state index < -0.39 is 0 Å². The summed E-state index contributed by atoms with van der Waals surface area (Å²) in [6.07, 6.45) is 2.49. The van der Waals surface area contributed by atoms with Gasteiger partial charge in [0.2, 0.25) is 0 Å². The second-order valence-corrected chi connectivity index (χ2v) is 4.32. The highest BCUT2D eigenvalue weighted by Crippen LogP contribution is 2.31. The molecular formula is C13H19NO. The summed E-state index contributed by atoms with van der Waals surface area (Å²) in [7, 11) is 0. The summed E-state index contributed by atoms with van der Waals surface area (Å²) in [5.41, 5.74) is 1.54. The first-order chi connectivity index (χ1) is 7.24. The second kappa shape index (κ2) is 4.23. The van der Waals surface area contributed by atoms with Crippen molar-refractivity contribution in [2.75, 3.05) is 13.2 Å². The average molecular weight is 205 g/mol. The fourth-order valence-electron chi connectivity index (χ4n) is 2.23. The van der Waals surface area contributed by atoms with Crippen molar-refractivity contribution >= 4 is 0 Å². The zero-order chi connectivity index (χ0) is 10.7. The summed E-state index contributed by atoms with van der Waals surface area (Å²) in [5, 5.41) is 3.56. The summed E-state index contributed by atoms with van der Waals surface area (Å²) < 4.78 is 5.44. The predicted molar refractivity (Wildman–Crippen MR) is 62.2 cm³/mol. The van der Waals surface area contributed by atoms with Crippen LogP contribution in [0.5, 0.6) is 5.75 Å². The van der Waals surface area contributed by atoms with Crippen molar-refractivity contribution in [1.82, 2.24) is 5.32 Å². The van der Waals surface area contributed by atoms with Gasteiger partial charge >= 0.3 is 0 Å². The van der Waals surface area contributed by atoms with Crippen LogP contribution in [0.4, 0.5) is 0 Å². The van der Waals surface area contributed by atoms with E-state index >= 15 is 0 Å². The van der Waals surface area contributed by atoms with Crippen LogP contribution < -0.4 is 10.1 Å². The van der Waals surface area contributed by atoms with Gasteiger partial charge in [0, 0.05) is 5.54 Å². The molecule has 1 aromatic rings. The van der Waals surface area contributed by atoms with Crippen molar-refractivity contribution in [2.45, 2.75) is 32.2 Å². The molecule has 2 heteroatoms. The Kier molecular flexibility index (Phi) is 2.96. The van der Waals surface area contributed by atoms with Gasteiger partial charge in [-0.05, 0) is 50.9 Å². The molecular weight excluding hydrogens is 186 g/mol. The van der Waals surface area contributed by atoms with Crippen LogP contribution in [-0.2, 0) is 5.54 Å². The Morgan fingerprint density at radius 3 is 2.60 bits per heavy atom. The Hall–Kier alpha value is -1.02. The molecule has 0 radical (unpaired) electrons. The van der Waals surface area contributed by atoms with Crippen molar-refractivity contribution in [3.8, 4) is 5.75 Å². The molecule has 1 aliphatic rings. The van der Waals surface area contributed by atoms with E-state index in [0.29, 0.717) is 0 Å². The zero-order valence-electron chi connectivity index (χ0n) is 9.55. The van der Waals surface area contributed by atoms with Gasteiger partial charge in [0.1, 0.15) is 5.75 Å². The topological polar surface area (TPSA) is 21.3 Å². The van der Waals surface area contributed by atoms with Crippen LogP contribution in [0.3, 0.4) is 0 Å². The standard InChI is InChI=1S/C13H19NO/c1-3-15-12-7-5-11(6-8-12)13(2)9-4-10-14-13/h5-8,14H,3-4,9-10H2,1-2H3. The second-order valence-electron chi connectivity index (χ2n) is 4.32. The molecule has 1 atom stereocenters. The molecule has 1 saturated heterocycles. The Bertz CT molecular complexity index is 312. The molecule has 1 heterocycles. The summed E-state index contributed by atoms with van der Waals surface area (Å²) in [6, 6.07) is 8.46. The van der Waals surface area contributed by atoms with Crippen LogP contribution in [0, 0.1) is 0 Å². The Morgan fingerprint density at radius 1 is 1.33 bits per heavy atom. The van der Waals surface area contributed by atoms with Gasteiger partial charge in [0.15, 0.2) is 0 Å². The van der Waals surface area contributed by atoms with E-state index in [-0.39, 0.29) is 5.54 Å². The van der Waals surface area contributed by atoms with E-state index in [4.69, 9.17) is 4.74 Å². The SMILES string of the molecule is CCOc1ccc(C2(C)CCCN2)cc1. The molecule has 0 saturated carbocycles. The van der Waals surface area contributed by atoms with Gasteiger partial charge in [0.25, 0.3) is 0 Å². The molecule has 15 heavy (non-hydrogen) atoms. The largest absolute Gasteiger partial charge is 0.494 e. The van der Waals surface area contributed by atoms with Crippen LogP contribution in [-0.4, -0.2) is 13.2 Å². The molecule has 2 nitrogen and oxygen atoms in total. The fourth-order valence-corrected chi connectivity index (χ4v) is 2.23. The first kappa shape index (κ1) is 10.5. The van der Waals surface area contributed by atoms with Gasteiger partial charge < -0.3 is 10.1 Å². The highest BCUT2D eigenvalue weighted by molar-refractivity contribution is 5.32. The Morgan fingerprint density at radius 2 is 2.07 bits per heavy atom. The minimum Gasteiger partial charge on any atom is -0.494 e. The van der Waals surface area contributed by atoms with Crippen molar-refractivity contribution < 1.29 is 4.74 Å². The lowest BCUT2D eigenvalue weighted by Gasteiger charge is -2.25. The van der Waals surface area contributed by atoms with E-state index in [0.717, 1.165) is 18.9 Å².